The van der Waals surface area contributed by atoms with E-state index in [0.717, 1.165) is 16.2 Å². The minimum Gasteiger partial charge on any atom is -0.427 e. The van der Waals surface area contributed by atoms with E-state index in [2.05, 4.69) is 0 Å². The zero-order chi connectivity index (χ0) is 28.1. The highest BCUT2D eigenvalue weighted by molar-refractivity contribution is 6.25. The second kappa shape index (κ2) is 9.60. The number of anilines is 2. The Morgan fingerprint density at radius 3 is 1.93 bits per heavy atom. The summed E-state index contributed by atoms with van der Waals surface area (Å²) in [6, 6.07) is 18.4. The van der Waals surface area contributed by atoms with Gasteiger partial charge in [0.25, 0.3) is 0 Å². The molecule has 3 heterocycles. The van der Waals surface area contributed by atoms with Crippen LogP contribution in [0.2, 0.25) is 0 Å². The quantitative estimate of drug-likeness (QED) is 0.210. The number of amides is 2. The smallest absolute Gasteiger partial charge is 0.308 e. The molecule has 3 aromatic carbocycles. The molecule has 0 aromatic heterocycles. The highest BCUT2D eigenvalue weighted by Crippen LogP contribution is 2.49. The van der Waals surface area contributed by atoms with Gasteiger partial charge in [0.05, 0.1) is 23.6 Å². The van der Waals surface area contributed by atoms with E-state index in [9.17, 15) is 24.0 Å². The topological polar surface area (TPSA) is 110 Å². The lowest BCUT2D eigenvalue weighted by molar-refractivity contribution is -0.132. The lowest BCUT2D eigenvalue weighted by atomic mass is 9.86. The largest absolute Gasteiger partial charge is 0.427 e. The van der Waals surface area contributed by atoms with E-state index in [-0.39, 0.29) is 5.78 Å². The van der Waals surface area contributed by atoms with Crippen molar-refractivity contribution in [1.29, 1.82) is 0 Å². The number of carbonyl (C=O) groups is 5. The first-order chi connectivity index (χ1) is 19.2. The zero-order valence-corrected chi connectivity index (χ0v) is 21.6. The molecule has 0 radical (unpaired) electrons. The van der Waals surface area contributed by atoms with Crippen LogP contribution in [0.1, 0.15) is 29.8 Å². The molecular weight excluding hydrogens is 512 g/mol. The molecule has 2 saturated heterocycles. The Morgan fingerprint density at radius 2 is 1.30 bits per heavy atom. The Hall–Kier alpha value is -5.05. The standard InChI is InChI=1S/C31H24N2O7/c1-17(34)39-22-12-7-20(8-13-22)29(36)28-27-26(25-16-9-19-5-3-4-6-24(19)33(25)28)30(37)32(31(27)38)21-10-14-23(15-11-21)40-18(2)35/h3-16,25-28H,1-2H3/t25-,26-,27-,28-/m1/s1. The van der Waals surface area contributed by atoms with Gasteiger partial charge in [-0.2, -0.15) is 0 Å². The van der Waals surface area contributed by atoms with Crippen molar-refractivity contribution in [2.75, 3.05) is 9.80 Å². The van der Waals surface area contributed by atoms with Gasteiger partial charge in [-0.15, -0.1) is 0 Å². The third-order valence-electron chi connectivity index (χ3n) is 7.44. The van der Waals surface area contributed by atoms with Crippen molar-refractivity contribution in [3.8, 4) is 11.5 Å². The predicted molar refractivity (Wildman–Crippen MR) is 145 cm³/mol. The lowest BCUT2D eigenvalue weighted by Gasteiger charge is -2.36. The van der Waals surface area contributed by atoms with Crippen molar-refractivity contribution in [3.63, 3.8) is 0 Å². The number of carbonyl (C=O) groups excluding carboxylic acids is 5. The van der Waals surface area contributed by atoms with Gasteiger partial charge in [0, 0.05) is 25.1 Å². The molecule has 0 spiro atoms. The summed E-state index contributed by atoms with van der Waals surface area (Å²) in [7, 11) is 0. The Kier molecular flexibility index (Phi) is 6.06. The van der Waals surface area contributed by atoms with E-state index in [4.69, 9.17) is 9.47 Å². The first kappa shape index (κ1) is 25.2. The molecule has 4 atom stereocenters. The molecule has 3 aliphatic heterocycles. The van der Waals surface area contributed by atoms with Gasteiger partial charge in [-0.3, -0.25) is 24.0 Å². The third kappa shape index (κ3) is 4.07. The normalized spacial score (nSPS) is 22.4. The van der Waals surface area contributed by atoms with Gasteiger partial charge in [-0.1, -0.05) is 30.4 Å². The number of hydrogen-bond acceptors (Lipinski definition) is 8. The minimum atomic E-state index is -0.942. The number of esters is 2. The number of hydrogen-bond donors (Lipinski definition) is 0. The molecule has 0 saturated carbocycles. The molecule has 3 aliphatic rings. The molecule has 9 nitrogen and oxygen atoms in total. The van der Waals surface area contributed by atoms with E-state index in [1.54, 1.807) is 24.3 Å². The summed E-state index contributed by atoms with van der Waals surface area (Å²) in [5.74, 6) is -3.26. The van der Waals surface area contributed by atoms with Gasteiger partial charge in [0.1, 0.15) is 17.5 Å². The summed E-state index contributed by atoms with van der Waals surface area (Å²) in [6.07, 6.45) is 3.80. The number of rotatable bonds is 5. The fourth-order valence-electron chi connectivity index (χ4n) is 5.92. The summed E-state index contributed by atoms with van der Waals surface area (Å²) in [5.41, 5.74) is 2.33. The minimum absolute atomic E-state index is 0.291. The van der Waals surface area contributed by atoms with Crippen molar-refractivity contribution < 1.29 is 33.4 Å². The van der Waals surface area contributed by atoms with E-state index in [1.165, 1.54) is 38.1 Å². The Morgan fingerprint density at radius 1 is 0.725 bits per heavy atom. The highest BCUT2D eigenvalue weighted by atomic mass is 16.5. The van der Waals surface area contributed by atoms with Gasteiger partial charge in [-0.25, -0.2) is 4.90 Å². The number of ether oxygens (including phenoxy) is 2. The molecule has 0 unspecified atom stereocenters. The first-order valence-electron chi connectivity index (χ1n) is 12.8. The van der Waals surface area contributed by atoms with E-state index >= 15 is 0 Å². The average molecular weight is 537 g/mol. The van der Waals surface area contributed by atoms with Gasteiger partial charge >= 0.3 is 11.9 Å². The Balaban J connectivity index is 1.40. The zero-order valence-electron chi connectivity index (χ0n) is 21.6. The maximum absolute atomic E-state index is 14.1. The average Bonchev–Trinajstić information content (AvgIpc) is 3.41. The molecule has 6 rings (SSSR count). The van der Waals surface area contributed by atoms with Crippen LogP contribution in [0, 0.1) is 11.8 Å². The second-order valence-electron chi connectivity index (χ2n) is 9.89. The molecule has 0 aliphatic carbocycles. The highest BCUT2D eigenvalue weighted by Gasteiger charge is 2.64. The molecule has 200 valence electrons. The van der Waals surface area contributed by atoms with Crippen molar-refractivity contribution >= 4 is 47.0 Å². The van der Waals surface area contributed by atoms with Crippen molar-refractivity contribution in [3.05, 3.63) is 90.0 Å². The summed E-state index contributed by atoms with van der Waals surface area (Å²) < 4.78 is 10.2. The second-order valence-corrected chi connectivity index (χ2v) is 9.89. The Labute approximate surface area is 229 Å². The number of Topliss-reactive ketones (excluding diaryl/α,β-unsaturated/α-hetero) is 1. The lowest BCUT2D eigenvalue weighted by Crippen LogP contribution is -2.48. The number of nitrogens with zero attached hydrogens (tertiary/aromatic N) is 2. The monoisotopic (exact) mass is 536 g/mol. The van der Waals surface area contributed by atoms with Crippen molar-refractivity contribution in [2.24, 2.45) is 11.8 Å². The van der Waals surface area contributed by atoms with Gasteiger partial charge in [-0.05, 0) is 60.2 Å². The Bertz CT molecular complexity index is 1590. The first-order valence-corrected chi connectivity index (χ1v) is 12.8. The fraction of sp³-hybridized carbons (Fsp3) is 0.194. The van der Waals surface area contributed by atoms with Gasteiger partial charge < -0.3 is 14.4 Å². The summed E-state index contributed by atoms with van der Waals surface area (Å²) in [4.78, 5) is 67.6. The van der Waals surface area contributed by atoms with Gasteiger partial charge in [0.2, 0.25) is 11.8 Å². The third-order valence-corrected chi connectivity index (χ3v) is 7.44. The van der Waals surface area contributed by atoms with Crippen LogP contribution >= 0.6 is 0 Å². The molecule has 0 bridgehead atoms. The molecule has 2 amide bonds. The molecular formula is C31H24N2O7. The summed E-state index contributed by atoms with van der Waals surface area (Å²) in [6.45, 7) is 2.57. The molecule has 9 heteroatoms. The summed E-state index contributed by atoms with van der Waals surface area (Å²) >= 11 is 0. The van der Waals surface area contributed by atoms with Crippen LogP contribution in [0.3, 0.4) is 0 Å². The SMILES string of the molecule is CC(=O)Oc1ccc(C(=O)[C@H]2[C@@H]3C(=O)N(c4ccc(OC(C)=O)cc4)C(=O)[C@@H]3[C@H]3C=Cc4ccccc4N32)cc1. The van der Waals surface area contributed by atoms with Crippen LogP contribution in [0.4, 0.5) is 11.4 Å². The van der Waals surface area contributed by atoms with E-state index in [1.807, 2.05) is 41.3 Å². The molecule has 40 heavy (non-hydrogen) atoms. The number of imide groups is 1. The maximum Gasteiger partial charge on any atom is 0.308 e. The predicted octanol–water partition coefficient (Wildman–Crippen LogP) is 3.81. The van der Waals surface area contributed by atoms with Crippen LogP contribution in [0.25, 0.3) is 6.08 Å². The summed E-state index contributed by atoms with van der Waals surface area (Å²) in [5, 5.41) is 0. The van der Waals surface area contributed by atoms with Crippen LogP contribution in [-0.4, -0.2) is 41.6 Å². The number of para-hydroxylation sites is 1. The van der Waals surface area contributed by atoms with Crippen LogP contribution in [0.15, 0.2) is 78.9 Å². The van der Waals surface area contributed by atoms with Crippen LogP contribution in [-0.2, 0) is 19.2 Å². The molecule has 2 fully saturated rings. The van der Waals surface area contributed by atoms with Crippen LogP contribution < -0.4 is 19.3 Å². The number of fused-ring (bicyclic) bond motifs is 5. The van der Waals surface area contributed by atoms with Crippen molar-refractivity contribution in [1.82, 2.24) is 0 Å². The molecule has 3 aromatic rings. The van der Waals surface area contributed by atoms with Crippen molar-refractivity contribution in [2.45, 2.75) is 25.9 Å². The van der Waals surface area contributed by atoms with Crippen LogP contribution in [0.5, 0.6) is 11.5 Å². The fourth-order valence-corrected chi connectivity index (χ4v) is 5.92. The van der Waals surface area contributed by atoms with E-state index < -0.39 is 47.7 Å². The van der Waals surface area contributed by atoms with Gasteiger partial charge in [0.15, 0.2) is 5.78 Å². The number of ketones is 1. The molecule has 0 N–H and O–H groups in total. The van der Waals surface area contributed by atoms with E-state index in [0.29, 0.717) is 22.7 Å². The number of benzene rings is 3. The maximum atomic E-state index is 14.1.